The molecule has 3 rings (SSSR count). The smallest absolute Gasteiger partial charge is 0.333 e. The van der Waals surface area contributed by atoms with Crippen LogP contribution in [0.4, 0.5) is 4.79 Å². The van der Waals surface area contributed by atoms with Gasteiger partial charge in [0.05, 0.1) is 0 Å². The number of nitrogens with one attached hydrogen (secondary N) is 1. The van der Waals surface area contributed by atoms with Crippen molar-refractivity contribution < 1.29 is 40.0 Å². The lowest BCUT2D eigenvalue weighted by atomic mass is 9.89. The molecule has 3 fully saturated rings. The molecule has 5 amide bonds. The molecule has 1 heterocycles. The first-order chi connectivity index (χ1) is 16.3. The minimum absolute atomic E-state index is 0.0750. The van der Waals surface area contributed by atoms with Gasteiger partial charge < -0.3 is 10.4 Å². The summed E-state index contributed by atoms with van der Waals surface area (Å²) < 4.78 is 66.7. The number of imide groups is 2. The number of carboxylic acid groups (broad SMARTS) is 1. The van der Waals surface area contributed by atoms with Crippen LogP contribution in [-0.4, -0.2) is 63.3 Å². The van der Waals surface area contributed by atoms with Gasteiger partial charge in [-0.3, -0.25) is 29.0 Å². The van der Waals surface area contributed by atoms with E-state index in [1.54, 1.807) is 0 Å². The molecule has 0 atom stereocenters. The van der Waals surface area contributed by atoms with Gasteiger partial charge in [-0.05, 0) is 25.5 Å². The monoisotopic (exact) mass is 401 g/mol. The molecule has 9 nitrogen and oxygen atoms in total. The number of carboxylic acids is 1. The number of rotatable bonds is 5. The Morgan fingerprint density at radius 2 is 1.32 bits per heavy atom. The highest BCUT2D eigenvalue weighted by atomic mass is 16.4. The third-order valence-corrected chi connectivity index (χ3v) is 4.63. The number of urea groups is 1. The van der Waals surface area contributed by atoms with Gasteiger partial charge in [-0.15, -0.1) is 0 Å². The van der Waals surface area contributed by atoms with Crippen molar-refractivity contribution in [2.45, 2.75) is 76.1 Å². The molecule has 28 heavy (non-hydrogen) atoms. The molecule has 0 aromatic heterocycles. The van der Waals surface area contributed by atoms with E-state index >= 15 is 0 Å². The van der Waals surface area contributed by atoms with Gasteiger partial charge in [-0.1, -0.05) is 38.5 Å². The van der Waals surface area contributed by atoms with Crippen LogP contribution in [0, 0.1) is 5.92 Å². The van der Waals surface area contributed by atoms with Crippen LogP contribution in [0.15, 0.2) is 0 Å². The van der Waals surface area contributed by atoms with Gasteiger partial charge in [0, 0.05) is 23.0 Å². The van der Waals surface area contributed by atoms with Gasteiger partial charge in [-0.25, -0.2) is 4.79 Å². The molecular formula is C19H27N3O6. The molecule has 9 heteroatoms. The maximum Gasteiger partial charge on any atom is 0.333 e. The first kappa shape index (κ1) is 12.2. The number of amides is 5. The van der Waals surface area contributed by atoms with Crippen molar-refractivity contribution in [3.63, 3.8) is 0 Å². The topological polar surface area (TPSA) is 124 Å². The summed E-state index contributed by atoms with van der Waals surface area (Å²) in [5.74, 6) is -8.63. The summed E-state index contributed by atoms with van der Waals surface area (Å²) in [7, 11) is 0. The van der Waals surface area contributed by atoms with E-state index in [9.17, 15) is 24.0 Å². The molecule has 0 aromatic carbocycles. The Hall–Kier alpha value is -2.45. The number of barbiturate groups is 1. The quantitative estimate of drug-likeness (QED) is 0.668. The molecule has 3 aliphatic rings. The second-order valence-electron chi connectivity index (χ2n) is 6.57. The summed E-state index contributed by atoms with van der Waals surface area (Å²) in [6, 6.07) is -5.83. The lowest BCUT2D eigenvalue weighted by molar-refractivity contribution is -0.158. The van der Waals surface area contributed by atoms with E-state index in [2.05, 4.69) is 0 Å². The maximum absolute atomic E-state index is 13.6. The zero-order valence-corrected chi connectivity index (χ0v) is 15.1. The number of carbonyl (C=O) groups is 5. The van der Waals surface area contributed by atoms with Gasteiger partial charge in [-0.2, -0.15) is 0 Å². The van der Waals surface area contributed by atoms with E-state index in [1.165, 1.54) is 0 Å². The molecule has 1 saturated heterocycles. The largest absolute Gasteiger partial charge is 0.480 e. The number of nitrogens with zero attached hydrogens (tertiary/aromatic N) is 2. The maximum atomic E-state index is 13.6. The van der Waals surface area contributed by atoms with Gasteiger partial charge in [0.25, 0.3) is 11.8 Å². The van der Waals surface area contributed by atoms with Crippen LogP contribution in [0.3, 0.4) is 0 Å². The SMILES string of the molecule is [2H]C1([2H])CCCC([2H])([2H])C1N1C(=O)C(C(=O)NCC(=O)O)C(=O)N(C2C([2H])([2H])CCCC2([2H])[2H])C1=O. The lowest BCUT2D eigenvalue weighted by Crippen LogP contribution is -2.67. The minimum Gasteiger partial charge on any atom is -0.480 e. The second kappa shape index (κ2) is 8.70. The Morgan fingerprint density at radius 1 is 0.893 bits per heavy atom. The standard InChI is InChI=1S/C19H27N3O6/c23-14(24)11-20-16(25)15-17(26)21(12-7-3-1-4-8-12)19(28)22(18(15)27)13-9-5-2-6-10-13/h12-13,15H,1-11H2,(H,20,25)(H,23,24)/i7D2,8D2,9D2,10D2. The zero-order valence-electron chi connectivity index (χ0n) is 23.1. The average Bonchev–Trinajstić information content (AvgIpc) is 2.69. The Morgan fingerprint density at radius 3 is 1.71 bits per heavy atom. The Labute approximate surface area is 174 Å². The Kier molecular flexibility index (Phi) is 3.79. The Balaban J connectivity index is 2.19. The van der Waals surface area contributed by atoms with E-state index in [4.69, 9.17) is 16.1 Å². The molecule has 0 unspecified atom stereocenters. The predicted octanol–water partition coefficient (Wildman–Crippen LogP) is 1.26. The van der Waals surface area contributed by atoms with Crippen LogP contribution >= 0.6 is 0 Å². The fourth-order valence-electron chi connectivity index (χ4n) is 3.29. The highest BCUT2D eigenvalue weighted by Crippen LogP contribution is 2.32. The highest BCUT2D eigenvalue weighted by molar-refractivity contribution is 6.26. The fourth-order valence-corrected chi connectivity index (χ4v) is 3.29. The van der Waals surface area contributed by atoms with Crippen LogP contribution in [0.1, 0.15) is 75.0 Å². The number of carbonyl (C=O) groups excluding carboxylic acids is 4. The normalized spacial score (nSPS) is 34.6. The van der Waals surface area contributed by atoms with Gasteiger partial charge >= 0.3 is 12.0 Å². The number of hydrogen-bond acceptors (Lipinski definition) is 5. The molecule has 0 aromatic rings. The van der Waals surface area contributed by atoms with Gasteiger partial charge in [0.1, 0.15) is 6.54 Å². The van der Waals surface area contributed by atoms with Crippen LogP contribution in [0.25, 0.3) is 0 Å². The highest BCUT2D eigenvalue weighted by Gasteiger charge is 2.53. The molecule has 2 N–H and O–H groups in total. The van der Waals surface area contributed by atoms with Crippen molar-refractivity contribution >= 4 is 29.7 Å². The van der Waals surface area contributed by atoms with Crippen LogP contribution in [-0.2, 0) is 19.2 Å². The van der Waals surface area contributed by atoms with E-state index in [0.29, 0.717) is 0 Å². The minimum atomic E-state index is -2.49. The number of aliphatic carboxylic acids is 1. The molecule has 2 aliphatic carbocycles. The summed E-state index contributed by atoms with van der Waals surface area (Å²) >= 11 is 0. The zero-order chi connectivity index (χ0) is 27.4. The van der Waals surface area contributed by atoms with Crippen molar-refractivity contribution in [2.75, 3.05) is 6.54 Å². The third kappa shape index (κ3) is 4.02. The summed E-state index contributed by atoms with van der Waals surface area (Å²) in [5.41, 5.74) is 0. The summed E-state index contributed by atoms with van der Waals surface area (Å²) in [6.07, 6.45) is -10.9. The fraction of sp³-hybridized carbons (Fsp3) is 0.737. The predicted molar refractivity (Wildman–Crippen MR) is 97.0 cm³/mol. The molecule has 0 spiro atoms. The molecule has 154 valence electrons. The molecule has 2 saturated carbocycles. The van der Waals surface area contributed by atoms with E-state index in [-0.39, 0.29) is 48.3 Å². The van der Waals surface area contributed by atoms with Crippen LogP contribution in [0.5, 0.6) is 0 Å². The van der Waals surface area contributed by atoms with Gasteiger partial charge in [0.2, 0.25) is 5.91 Å². The van der Waals surface area contributed by atoms with Gasteiger partial charge in [0.15, 0.2) is 5.92 Å². The first-order valence-corrected chi connectivity index (χ1v) is 9.05. The van der Waals surface area contributed by atoms with Crippen molar-refractivity contribution in [1.29, 1.82) is 0 Å². The van der Waals surface area contributed by atoms with Crippen molar-refractivity contribution in [2.24, 2.45) is 5.92 Å². The molecular weight excluding hydrogens is 366 g/mol. The number of hydrogen-bond donors (Lipinski definition) is 2. The summed E-state index contributed by atoms with van der Waals surface area (Å²) in [6.45, 7) is -1.01. The molecule has 1 aliphatic heterocycles. The van der Waals surface area contributed by atoms with Crippen molar-refractivity contribution in [3.05, 3.63) is 0 Å². The molecule has 0 bridgehead atoms. The van der Waals surface area contributed by atoms with Crippen molar-refractivity contribution in [1.82, 2.24) is 15.1 Å². The summed E-state index contributed by atoms with van der Waals surface area (Å²) in [5, 5.41) is 10.7. The first-order valence-electron chi connectivity index (χ1n) is 13.0. The van der Waals surface area contributed by atoms with Crippen LogP contribution < -0.4 is 5.32 Å². The summed E-state index contributed by atoms with van der Waals surface area (Å²) in [4.78, 5) is 64.3. The molecule has 0 radical (unpaired) electrons. The lowest BCUT2D eigenvalue weighted by Gasteiger charge is -2.44. The van der Waals surface area contributed by atoms with E-state index in [1.807, 2.05) is 5.32 Å². The average molecular weight is 401 g/mol. The second-order valence-corrected chi connectivity index (χ2v) is 6.57. The third-order valence-electron chi connectivity index (χ3n) is 4.63. The van der Waals surface area contributed by atoms with Crippen LogP contribution in [0.2, 0.25) is 0 Å². The Bertz CT molecular complexity index is 898. The van der Waals surface area contributed by atoms with E-state index in [0.717, 1.165) is 0 Å². The van der Waals surface area contributed by atoms with E-state index < -0.39 is 79.8 Å². The van der Waals surface area contributed by atoms with Crippen molar-refractivity contribution in [3.8, 4) is 0 Å².